The molecule has 1 saturated carbocycles. The molecule has 0 atom stereocenters. The van der Waals surface area contributed by atoms with Crippen LogP contribution in [-0.2, 0) is 6.42 Å². The topological polar surface area (TPSA) is 46.3 Å². The third-order valence-corrected chi connectivity index (χ3v) is 3.64. The SMILES string of the molecule is CC(C)N(CC1CC1)C(=O)c1cccc(CCN)c1. The molecule has 1 aliphatic carbocycles. The van der Waals surface area contributed by atoms with Gasteiger partial charge in [0.05, 0.1) is 0 Å². The van der Waals surface area contributed by atoms with Crippen molar-refractivity contribution in [1.82, 2.24) is 4.90 Å². The molecule has 0 heterocycles. The van der Waals surface area contributed by atoms with Crippen LogP contribution in [0.25, 0.3) is 0 Å². The van der Waals surface area contributed by atoms with Crippen LogP contribution in [-0.4, -0.2) is 29.9 Å². The van der Waals surface area contributed by atoms with Crippen molar-refractivity contribution in [3.63, 3.8) is 0 Å². The summed E-state index contributed by atoms with van der Waals surface area (Å²) in [7, 11) is 0. The van der Waals surface area contributed by atoms with E-state index < -0.39 is 0 Å². The minimum atomic E-state index is 0.153. The van der Waals surface area contributed by atoms with Crippen LogP contribution < -0.4 is 5.73 Å². The highest BCUT2D eigenvalue weighted by Gasteiger charge is 2.28. The number of hydrogen-bond acceptors (Lipinski definition) is 2. The van der Waals surface area contributed by atoms with Gasteiger partial charge in [-0.3, -0.25) is 4.79 Å². The zero-order valence-electron chi connectivity index (χ0n) is 11.9. The van der Waals surface area contributed by atoms with Gasteiger partial charge < -0.3 is 10.6 Å². The van der Waals surface area contributed by atoms with Gasteiger partial charge in [-0.25, -0.2) is 0 Å². The molecule has 2 N–H and O–H groups in total. The zero-order valence-corrected chi connectivity index (χ0v) is 11.9. The van der Waals surface area contributed by atoms with Crippen molar-refractivity contribution >= 4 is 5.91 Å². The van der Waals surface area contributed by atoms with Crippen molar-refractivity contribution in [3.05, 3.63) is 35.4 Å². The van der Waals surface area contributed by atoms with E-state index in [0.717, 1.165) is 30.0 Å². The summed E-state index contributed by atoms with van der Waals surface area (Å²) in [6, 6.07) is 8.13. The van der Waals surface area contributed by atoms with Crippen molar-refractivity contribution in [2.45, 2.75) is 39.2 Å². The number of amides is 1. The van der Waals surface area contributed by atoms with Gasteiger partial charge in [-0.1, -0.05) is 12.1 Å². The summed E-state index contributed by atoms with van der Waals surface area (Å²) >= 11 is 0. The number of nitrogens with two attached hydrogens (primary N) is 1. The van der Waals surface area contributed by atoms with Gasteiger partial charge in [0.2, 0.25) is 0 Å². The Bertz CT molecular complexity index is 438. The third kappa shape index (κ3) is 3.80. The lowest BCUT2D eigenvalue weighted by atomic mass is 10.1. The molecule has 0 bridgehead atoms. The fraction of sp³-hybridized carbons (Fsp3) is 0.562. The number of carbonyl (C=O) groups excluding carboxylic acids is 1. The molecule has 0 spiro atoms. The quantitative estimate of drug-likeness (QED) is 0.854. The van der Waals surface area contributed by atoms with Gasteiger partial charge in [0.25, 0.3) is 5.91 Å². The van der Waals surface area contributed by atoms with E-state index in [1.165, 1.54) is 12.8 Å². The van der Waals surface area contributed by atoms with E-state index in [4.69, 9.17) is 5.73 Å². The van der Waals surface area contributed by atoms with Crippen LogP contribution in [0.15, 0.2) is 24.3 Å². The average molecular weight is 260 g/mol. The highest BCUT2D eigenvalue weighted by Crippen LogP contribution is 2.30. The van der Waals surface area contributed by atoms with Crippen molar-refractivity contribution in [3.8, 4) is 0 Å². The molecule has 0 saturated heterocycles. The molecule has 3 nitrogen and oxygen atoms in total. The van der Waals surface area contributed by atoms with E-state index in [-0.39, 0.29) is 11.9 Å². The lowest BCUT2D eigenvalue weighted by Gasteiger charge is -2.27. The van der Waals surface area contributed by atoms with Gasteiger partial charge in [0.1, 0.15) is 0 Å². The van der Waals surface area contributed by atoms with Crippen molar-refractivity contribution in [2.24, 2.45) is 11.7 Å². The maximum Gasteiger partial charge on any atom is 0.254 e. The summed E-state index contributed by atoms with van der Waals surface area (Å²) in [6.07, 6.45) is 3.36. The van der Waals surface area contributed by atoms with Crippen LogP contribution in [0.4, 0.5) is 0 Å². The summed E-state index contributed by atoms with van der Waals surface area (Å²) in [4.78, 5) is 14.6. The molecule has 0 radical (unpaired) electrons. The first-order chi connectivity index (χ1) is 9.11. The fourth-order valence-corrected chi connectivity index (χ4v) is 2.30. The maximum atomic E-state index is 12.6. The van der Waals surface area contributed by atoms with Crippen molar-refractivity contribution < 1.29 is 4.79 Å². The van der Waals surface area contributed by atoms with E-state index in [9.17, 15) is 4.79 Å². The van der Waals surface area contributed by atoms with Gasteiger partial charge in [-0.2, -0.15) is 0 Å². The summed E-state index contributed by atoms with van der Waals surface area (Å²) in [5.74, 6) is 0.874. The number of rotatable bonds is 6. The van der Waals surface area contributed by atoms with Crippen molar-refractivity contribution in [2.75, 3.05) is 13.1 Å². The molecule has 1 aromatic rings. The predicted octanol–water partition coefficient (Wildman–Crippen LogP) is 2.45. The first-order valence-corrected chi connectivity index (χ1v) is 7.21. The molecule has 3 heteroatoms. The van der Waals surface area contributed by atoms with Crippen LogP contribution in [0.5, 0.6) is 0 Å². The Balaban J connectivity index is 2.12. The second-order valence-corrected chi connectivity index (χ2v) is 5.73. The standard InChI is InChI=1S/C16H24N2O/c1-12(2)18(11-14-6-7-14)16(19)15-5-3-4-13(10-15)8-9-17/h3-5,10,12,14H,6-9,11,17H2,1-2H3. The predicted molar refractivity (Wildman–Crippen MR) is 78.1 cm³/mol. The molecule has 19 heavy (non-hydrogen) atoms. The van der Waals surface area contributed by atoms with Gasteiger partial charge in [-0.05, 0) is 63.3 Å². The first-order valence-electron chi connectivity index (χ1n) is 7.21. The smallest absolute Gasteiger partial charge is 0.254 e. The van der Waals surface area contributed by atoms with E-state index in [2.05, 4.69) is 13.8 Å². The Morgan fingerprint density at radius 2 is 2.16 bits per heavy atom. The molecule has 1 fully saturated rings. The van der Waals surface area contributed by atoms with E-state index in [0.29, 0.717) is 6.54 Å². The molecule has 0 aromatic heterocycles. The Morgan fingerprint density at radius 3 is 2.74 bits per heavy atom. The molecule has 1 aromatic carbocycles. The average Bonchev–Trinajstić information content (AvgIpc) is 3.19. The molecular weight excluding hydrogens is 236 g/mol. The Labute approximate surface area is 115 Å². The maximum absolute atomic E-state index is 12.6. The highest BCUT2D eigenvalue weighted by molar-refractivity contribution is 5.94. The minimum absolute atomic E-state index is 0.153. The van der Waals surface area contributed by atoms with E-state index in [1.54, 1.807) is 0 Å². The Hall–Kier alpha value is -1.35. The Morgan fingerprint density at radius 1 is 1.42 bits per heavy atom. The first kappa shape index (κ1) is 14.1. The largest absolute Gasteiger partial charge is 0.336 e. The molecule has 0 unspecified atom stereocenters. The molecule has 1 aliphatic rings. The lowest BCUT2D eigenvalue weighted by molar-refractivity contribution is 0.0696. The lowest BCUT2D eigenvalue weighted by Crippen LogP contribution is -2.38. The molecule has 104 valence electrons. The van der Waals surface area contributed by atoms with Crippen molar-refractivity contribution in [1.29, 1.82) is 0 Å². The van der Waals surface area contributed by atoms with Crippen LogP contribution in [0, 0.1) is 5.92 Å². The summed E-state index contributed by atoms with van der Waals surface area (Å²) < 4.78 is 0. The Kier molecular flexibility index (Phi) is 4.59. The van der Waals surface area contributed by atoms with Crippen LogP contribution in [0.3, 0.4) is 0 Å². The number of benzene rings is 1. The van der Waals surface area contributed by atoms with Gasteiger partial charge in [0.15, 0.2) is 0 Å². The highest BCUT2D eigenvalue weighted by atomic mass is 16.2. The number of carbonyl (C=O) groups is 1. The second kappa shape index (κ2) is 6.20. The second-order valence-electron chi connectivity index (χ2n) is 5.73. The summed E-state index contributed by atoms with van der Waals surface area (Å²) in [5.41, 5.74) is 7.51. The van der Waals surface area contributed by atoms with Gasteiger partial charge in [-0.15, -0.1) is 0 Å². The molecular formula is C16H24N2O. The van der Waals surface area contributed by atoms with E-state index in [1.807, 2.05) is 29.2 Å². The third-order valence-electron chi connectivity index (χ3n) is 3.64. The number of hydrogen-bond donors (Lipinski definition) is 1. The minimum Gasteiger partial charge on any atom is -0.336 e. The van der Waals surface area contributed by atoms with E-state index >= 15 is 0 Å². The summed E-state index contributed by atoms with van der Waals surface area (Å²) in [5, 5.41) is 0. The number of nitrogens with zero attached hydrogens (tertiary/aromatic N) is 1. The van der Waals surface area contributed by atoms with Crippen LogP contribution in [0.2, 0.25) is 0 Å². The fourth-order valence-electron chi connectivity index (χ4n) is 2.30. The van der Waals surface area contributed by atoms with Gasteiger partial charge in [0, 0.05) is 18.2 Å². The molecule has 2 rings (SSSR count). The van der Waals surface area contributed by atoms with Gasteiger partial charge >= 0.3 is 0 Å². The molecule has 1 amide bonds. The zero-order chi connectivity index (χ0) is 13.8. The van der Waals surface area contributed by atoms with Crippen LogP contribution >= 0.6 is 0 Å². The summed E-state index contributed by atoms with van der Waals surface area (Å²) in [6.45, 7) is 5.69. The normalized spacial score (nSPS) is 14.7. The monoisotopic (exact) mass is 260 g/mol. The molecule has 0 aliphatic heterocycles. The van der Waals surface area contributed by atoms with Crippen LogP contribution in [0.1, 0.15) is 42.6 Å².